The summed E-state index contributed by atoms with van der Waals surface area (Å²) in [6.45, 7) is 9.00. The minimum Gasteiger partial charge on any atom is -0.507 e. The SMILES string of the molecule is Cc1cccc(C(=O)OCC(=O)N(C(C)C)C(C)C)c1O. The molecule has 0 bridgehead atoms. The molecule has 0 radical (unpaired) electrons. The van der Waals surface area contributed by atoms with Gasteiger partial charge >= 0.3 is 5.97 Å². The van der Waals surface area contributed by atoms with Gasteiger partial charge in [-0.2, -0.15) is 0 Å². The predicted octanol–water partition coefficient (Wildman–Crippen LogP) is 2.50. The standard InChI is InChI=1S/C16H23NO4/c1-10(2)17(11(3)4)14(18)9-21-16(20)13-8-6-7-12(5)15(13)19/h6-8,10-11,19H,9H2,1-5H3. The third kappa shape index (κ3) is 4.21. The van der Waals surface area contributed by atoms with Crippen LogP contribution >= 0.6 is 0 Å². The second-order valence-corrected chi connectivity index (χ2v) is 5.54. The van der Waals surface area contributed by atoms with Gasteiger partial charge in [0.1, 0.15) is 11.3 Å². The molecular weight excluding hydrogens is 270 g/mol. The summed E-state index contributed by atoms with van der Waals surface area (Å²) >= 11 is 0. The Labute approximate surface area is 125 Å². The van der Waals surface area contributed by atoms with E-state index in [4.69, 9.17) is 4.74 Å². The van der Waals surface area contributed by atoms with Crippen molar-refractivity contribution < 1.29 is 19.4 Å². The number of benzene rings is 1. The molecule has 1 aromatic rings. The molecule has 21 heavy (non-hydrogen) atoms. The van der Waals surface area contributed by atoms with Crippen molar-refractivity contribution >= 4 is 11.9 Å². The number of esters is 1. The third-order valence-electron chi connectivity index (χ3n) is 3.19. The molecule has 0 saturated heterocycles. The van der Waals surface area contributed by atoms with Crippen LogP contribution in [0.4, 0.5) is 0 Å². The van der Waals surface area contributed by atoms with E-state index in [1.54, 1.807) is 24.0 Å². The summed E-state index contributed by atoms with van der Waals surface area (Å²) < 4.78 is 5.02. The van der Waals surface area contributed by atoms with E-state index in [1.807, 2.05) is 27.7 Å². The molecule has 0 aliphatic carbocycles. The molecule has 0 atom stereocenters. The Hall–Kier alpha value is -2.04. The van der Waals surface area contributed by atoms with Gasteiger partial charge in [-0.25, -0.2) is 4.79 Å². The zero-order valence-electron chi connectivity index (χ0n) is 13.2. The van der Waals surface area contributed by atoms with Crippen molar-refractivity contribution in [3.63, 3.8) is 0 Å². The fourth-order valence-electron chi connectivity index (χ4n) is 2.28. The number of para-hydroxylation sites is 1. The van der Waals surface area contributed by atoms with E-state index >= 15 is 0 Å². The van der Waals surface area contributed by atoms with E-state index < -0.39 is 5.97 Å². The topological polar surface area (TPSA) is 66.8 Å². The molecule has 0 aliphatic rings. The first-order chi connectivity index (χ1) is 9.75. The van der Waals surface area contributed by atoms with Crippen molar-refractivity contribution in [1.29, 1.82) is 0 Å². The average Bonchev–Trinajstić information content (AvgIpc) is 2.38. The van der Waals surface area contributed by atoms with E-state index in [0.29, 0.717) is 5.56 Å². The molecule has 1 N–H and O–H groups in total. The van der Waals surface area contributed by atoms with Gasteiger partial charge < -0.3 is 14.7 Å². The number of amides is 1. The minimum absolute atomic E-state index is 0.0311. The zero-order valence-corrected chi connectivity index (χ0v) is 13.2. The van der Waals surface area contributed by atoms with Crippen molar-refractivity contribution in [3.05, 3.63) is 29.3 Å². The van der Waals surface area contributed by atoms with E-state index in [9.17, 15) is 14.7 Å². The number of hydrogen-bond acceptors (Lipinski definition) is 4. The molecule has 1 rings (SSSR count). The first-order valence-electron chi connectivity index (χ1n) is 7.02. The van der Waals surface area contributed by atoms with Gasteiger partial charge in [0.15, 0.2) is 6.61 Å². The van der Waals surface area contributed by atoms with Gasteiger partial charge in [0.2, 0.25) is 0 Å². The Morgan fingerprint density at radius 2 is 1.76 bits per heavy atom. The van der Waals surface area contributed by atoms with Crippen LogP contribution in [0, 0.1) is 6.92 Å². The Morgan fingerprint density at radius 3 is 2.29 bits per heavy atom. The number of phenols is 1. The number of rotatable bonds is 5. The quantitative estimate of drug-likeness (QED) is 0.847. The maximum Gasteiger partial charge on any atom is 0.342 e. The number of aromatic hydroxyl groups is 1. The summed E-state index contributed by atoms with van der Waals surface area (Å²) in [7, 11) is 0. The Bertz CT molecular complexity index is 515. The monoisotopic (exact) mass is 293 g/mol. The highest BCUT2D eigenvalue weighted by Crippen LogP contribution is 2.22. The normalized spacial score (nSPS) is 10.8. The predicted molar refractivity (Wildman–Crippen MR) is 80.2 cm³/mol. The van der Waals surface area contributed by atoms with Gasteiger partial charge in [0.25, 0.3) is 5.91 Å². The Kier molecular flexibility index (Phi) is 5.76. The third-order valence-corrected chi connectivity index (χ3v) is 3.19. The maximum absolute atomic E-state index is 12.1. The number of phenolic OH excluding ortho intramolecular Hbond substituents is 1. The molecule has 1 amide bonds. The molecule has 0 spiro atoms. The van der Waals surface area contributed by atoms with Crippen molar-refractivity contribution in [1.82, 2.24) is 4.90 Å². The van der Waals surface area contributed by atoms with Crippen LogP contribution in [0.3, 0.4) is 0 Å². The lowest BCUT2D eigenvalue weighted by molar-refractivity contribution is -0.138. The summed E-state index contributed by atoms with van der Waals surface area (Å²) in [5, 5.41) is 9.82. The van der Waals surface area contributed by atoms with Gasteiger partial charge in [0.05, 0.1) is 0 Å². The second kappa shape index (κ2) is 7.11. The summed E-state index contributed by atoms with van der Waals surface area (Å²) in [5.41, 5.74) is 0.658. The lowest BCUT2D eigenvalue weighted by Gasteiger charge is -2.30. The van der Waals surface area contributed by atoms with Crippen molar-refractivity contribution in [2.45, 2.75) is 46.7 Å². The average molecular weight is 293 g/mol. The van der Waals surface area contributed by atoms with Crippen LogP contribution in [-0.2, 0) is 9.53 Å². The highest BCUT2D eigenvalue weighted by Gasteiger charge is 2.22. The number of hydrogen-bond donors (Lipinski definition) is 1. The number of nitrogens with zero attached hydrogens (tertiary/aromatic N) is 1. The van der Waals surface area contributed by atoms with Crippen LogP contribution in [0.1, 0.15) is 43.6 Å². The maximum atomic E-state index is 12.1. The molecular formula is C16H23NO4. The molecule has 0 aromatic heterocycles. The molecule has 0 aliphatic heterocycles. The lowest BCUT2D eigenvalue weighted by atomic mass is 10.1. The first-order valence-corrected chi connectivity index (χ1v) is 7.02. The minimum atomic E-state index is -0.697. The summed E-state index contributed by atoms with van der Waals surface area (Å²) in [4.78, 5) is 25.7. The Morgan fingerprint density at radius 1 is 1.19 bits per heavy atom. The highest BCUT2D eigenvalue weighted by molar-refractivity contribution is 5.94. The summed E-state index contributed by atoms with van der Waals surface area (Å²) in [6, 6.07) is 4.88. The van der Waals surface area contributed by atoms with Crippen LogP contribution in [0.25, 0.3) is 0 Å². The van der Waals surface area contributed by atoms with Crippen molar-refractivity contribution in [2.24, 2.45) is 0 Å². The van der Waals surface area contributed by atoms with Crippen LogP contribution in [0.15, 0.2) is 18.2 Å². The van der Waals surface area contributed by atoms with Crippen LogP contribution in [0.5, 0.6) is 5.75 Å². The first kappa shape index (κ1) is 17.0. The van der Waals surface area contributed by atoms with E-state index in [-0.39, 0.29) is 35.9 Å². The fraction of sp³-hybridized carbons (Fsp3) is 0.500. The van der Waals surface area contributed by atoms with Crippen LogP contribution in [0.2, 0.25) is 0 Å². The van der Waals surface area contributed by atoms with Gasteiger partial charge in [0, 0.05) is 12.1 Å². The van der Waals surface area contributed by atoms with Gasteiger partial charge in [-0.1, -0.05) is 12.1 Å². The van der Waals surface area contributed by atoms with E-state index in [1.165, 1.54) is 6.07 Å². The largest absolute Gasteiger partial charge is 0.507 e. The Balaban J connectivity index is 2.72. The van der Waals surface area contributed by atoms with E-state index in [0.717, 1.165) is 0 Å². The summed E-state index contributed by atoms with van der Waals surface area (Å²) in [6.07, 6.45) is 0. The number of carbonyl (C=O) groups excluding carboxylic acids is 2. The molecule has 0 saturated carbocycles. The molecule has 5 nitrogen and oxygen atoms in total. The zero-order chi connectivity index (χ0) is 16.2. The number of carbonyl (C=O) groups is 2. The molecule has 0 fully saturated rings. The van der Waals surface area contributed by atoms with Crippen molar-refractivity contribution in [2.75, 3.05) is 6.61 Å². The number of ether oxygens (including phenoxy) is 1. The van der Waals surface area contributed by atoms with Crippen LogP contribution in [-0.4, -0.2) is 40.6 Å². The molecule has 5 heteroatoms. The van der Waals surface area contributed by atoms with Gasteiger partial charge in [-0.15, -0.1) is 0 Å². The van der Waals surface area contributed by atoms with Crippen LogP contribution < -0.4 is 0 Å². The molecule has 0 unspecified atom stereocenters. The highest BCUT2D eigenvalue weighted by atomic mass is 16.5. The van der Waals surface area contributed by atoms with Crippen molar-refractivity contribution in [3.8, 4) is 5.75 Å². The lowest BCUT2D eigenvalue weighted by Crippen LogP contribution is -2.44. The second-order valence-electron chi connectivity index (χ2n) is 5.54. The summed E-state index contributed by atoms with van der Waals surface area (Å²) in [5.74, 6) is -1.06. The van der Waals surface area contributed by atoms with E-state index in [2.05, 4.69) is 0 Å². The van der Waals surface area contributed by atoms with Gasteiger partial charge in [-0.3, -0.25) is 4.79 Å². The molecule has 1 aromatic carbocycles. The smallest absolute Gasteiger partial charge is 0.342 e. The van der Waals surface area contributed by atoms with Gasteiger partial charge in [-0.05, 0) is 46.2 Å². The number of aryl methyl sites for hydroxylation is 1. The molecule has 116 valence electrons. The molecule has 0 heterocycles. The fourth-order valence-corrected chi connectivity index (χ4v) is 2.28.